The molecule has 2 aromatic heterocycles. The van der Waals surface area contributed by atoms with Gasteiger partial charge in [-0.15, -0.1) is 11.8 Å². The van der Waals surface area contributed by atoms with E-state index in [0.717, 1.165) is 29.2 Å². The fraction of sp³-hybridized carbons (Fsp3) is 0.409. The van der Waals surface area contributed by atoms with Crippen molar-refractivity contribution in [1.82, 2.24) is 14.5 Å². The first kappa shape index (κ1) is 21.5. The van der Waals surface area contributed by atoms with Gasteiger partial charge in [0.1, 0.15) is 11.1 Å². The molecule has 0 radical (unpaired) electrons. The van der Waals surface area contributed by atoms with E-state index in [1.807, 2.05) is 31.2 Å². The van der Waals surface area contributed by atoms with Crippen molar-refractivity contribution in [2.45, 2.75) is 50.4 Å². The molecule has 1 N–H and O–H groups in total. The van der Waals surface area contributed by atoms with Crippen LogP contribution in [0.5, 0.6) is 0 Å². The Labute approximate surface area is 181 Å². The van der Waals surface area contributed by atoms with Gasteiger partial charge in [-0.05, 0) is 49.3 Å². The van der Waals surface area contributed by atoms with Crippen molar-refractivity contribution in [2.24, 2.45) is 5.92 Å². The number of aromatic amines is 1. The first-order valence-electron chi connectivity index (χ1n) is 10.1. The summed E-state index contributed by atoms with van der Waals surface area (Å²) in [5.41, 5.74) is 0.751. The van der Waals surface area contributed by atoms with Crippen LogP contribution in [0.2, 0.25) is 0 Å². The summed E-state index contributed by atoms with van der Waals surface area (Å²) < 4.78 is 43.2. The monoisotopic (exact) mass is 446 g/mol. The number of rotatable bonds is 5. The predicted molar refractivity (Wildman–Crippen MR) is 113 cm³/mol. The second-order valence-electron chi connectivity index (χ2n) is 7.85. The lowest BCUT2D eigenvalue weighted by atomic mass is 9.84. The van der Waals surface area contributed by atoms with Crippen molar-refractivity contribution in [1.29, 1.82) is 5.26 Å². The van der Waals surface area contributed by atoms with Crippen LogP contribution >= 0.6 is 11.8 Å². The number of hydrogen-bond acceptors (Lipinski definition) is 4. The zero-order chi connectivity index (χ0) is 22.2. The number of para-hydroxylation sites is 2. The van der Waals surface area contributed by atoms with Gasteiger partial charge in [-0.3, -0.25) is 4.57 Å². The molecule has 9 heteroatoms. The molecule has 0 aliphatic heterocycles. The summed E-state index contributed by atoms with van der Waals surface area (Å²) in [7, 11) is 0. The van der Waals surface area contributed by atoms with Gasteiger partial charge in [0.2, 0.25) is 0 Å². The Hall–Kier alpha value is -2.73. The Kier molecular flexibility index (Phi) is 5.84. The fourth-order valence-electron chi connectivity index (χ4n) is 4.15. The molecule has 0 amide bonds. The lowest BCUT2D eigenvalue weighted by molar-refractivity contribution is -0.138. The third kappa shape index (κ3) is 4.22. The summed E-state index contributed by atoms with van der Waals surface area (Å²) in [4.78, 5) is 19.4. The molecule has 5 nitrogen and oxygen atoms in total. The Bertz CT molecular complexity index is 1220. The van der Waals surface area contributed by atoms with E-state index < -0.39 is 11.7 Å². The number of aromatic nitrogens is 3. The Morgan fingerprint density at radius 3 is 2.87 bits per heavy atom. The molecule has 1 unspecified atom stereocenters. The van der Waals surface area contributed by atoms with Crippen LogP contribution in [0.15, 0.2) is 34.1 Å². The molecule has 1 aliphatic carbocycles. The van der Waals surface area contributed by atoms with Crippen molar-refractivity contribution in [3.05, 3.63) is 57.1 Å². The minimum Gasteiger partial charge on any atom is -0.306 e. The second kappa shape index (κ2) is 8.42. The van der Waals surface area contributed by atoms with E-state index in [-0.39, 0.29) is 27.8 Å². The van der Waals surface area contributed by atoms with Gasteiger partial charge in [-0.1, -0.05) is 19.1 Å². The van der Waals surface area contributed by atoms with Crippen LogP contribution in [-0.4, -0.2) is 20.3 Å². The Morgan fingerprint density at radius 2 is 2.13 bits per heavy atom. The van der Waals surface area contributed by atoms with Crippen LogP contribution in [0.3, 0.4) is 0 Å². The standard InChI is InChI=1S/C22H21F3N4OS/c1-13-7-8-16-14(11-13)19(22(23,24)25)15(12-26)20(27-16)31-10-4-9-29-18-6-3-2-5-17(18)28-21(29)30/h2-3,5-6,13H,4,7-11H2,1H3,(H,28,30). The molecule has 3 aromatic rings. The molecule has 1 atom stereocenters. The quantitative estimate of drug-likeness (QED) is 0.446. The molecule has 0 saturated carbocycles. The first-order valence-corrected chi connectivity index (χ1v) is 11.1. The summed E-state index contributed by atoms with van der Waals surface area (Å²) in [6, 6.07) is 9.10. The number of pyridine rings is 1. The zero-order valence-corrected chi connectivity index (χ0v) is 17.7. The van der Waals surface area contributed by atoms with Crippen molar-refractivity contribution in [3.63, 3.8) is 0 Å². The third-order valence-electron chi connectivity index (χ3n) is 5.62. The van der Waals surface area contributed by atoms with E-state index in [1.165, 1.54) is 0 Å². The lowest BCUT2D eigenvalue weighted by Gasteiger charge is -2.26. The number of thioether (sulfide) groups is 1. The minimum absolute atomic E-state index is 0.134. The van der Waals surface area contributed by atoms with Crippen LogP contribution in [0.25, 0.3) is 11.0 Å². The summed E-state index contributed by atoms with van der Waals surface area (Å²) in [5.74, 6) is 0.579. The molecule has 0 bridgehead atoms. The number of imidazole rings is 1. The smallest absolute Gasteiger partial charge is 0.306 e. The van der Waals surface area contributed by atoms with Crippen LogP contribution in [0.4, 0.5) is 13.2 Å². The van der Waals surface area contributed by atoms with Gasteiger partial charge in [-0.2, -0.15) is 18.4 Å². The average molecular weight is 446 g/mol. The van der Waals surface area contributed by atoms with Gasteiger partial charge < -0.3 is 4.98 Å². The highest BCUT2D eigenvalue weighted by molar-refractivity contribution is 7.99. The summed E-state index contributed by atoms with van der Waals surface area (Å²) in [6.07, 6.45) is -2.48. The van der Waals surface area contributed by atoms with E-state index in [9.17, 15) is 23.2 Å². The van der Waals surface area contributed by atoms with Crippen LogP contribution in [-0.2, 0) is 25.6 Å². The van der Waals surface area contributed by atoms with E-state index >= 15 is 0 Å². The molecule has 1 aromatic carbocycles. The highest BCUT2D eigenvalue weighted by atomic mass is 32.2. The molecular formula is C22H21F3N4OS. The van der Waals surface area contributed by atoms with Crippen molar-refractivity contribution in [3.8, 4) is 6.07 Å². The number of alkyl halides is 3. The third-order valence-corrected chi connectivity index (χ3v) is 6.68. The van der Waals surface area contributed by atoms with Crippen LogP contribution in [0.1, 0.15) is 42.1 Å². The second-order valence-corrected chi connectivity index (χ2v) is 8.93. The van der Waals surface area contributed by atoms with Gasteiger partial charge in [0.05, 0.1) is 22.2 Å². The number of benzene rings is 1. The topological polar surface area (TPSA) is 74.5 Å². The highest BCUT2D eigenvalue weighted by Gasteiger charge is 2.40. The number of aryl methyl sites for hydroxylation is 2. The van der Waals surface area contributed by atoms with Gasteiger partial charge in [0.25, 0.3) is 0 Å². The average Bonchev–Trinajstić information content (AvgIpc) is 3.04. The Balaban J connectivity index is 1.57. The normalized spacial score (nSPS) is 16.3. The fourth-order valence-corrected chi connectivity index (χ4v) is 5.08. The van der Waals surface area contributed by atoms with E-state index in [1.54, 1.807) is 10.6 Å². The SMILES string of the molecule is CC1CCc2nc(SCCCn3c(=O)[nH]c4ccccc43)c(C#N)c(C(F)(F)F)c2C1. The molecule has 4 rings (SSSR count). The maximum atomic E-state index is 13.9. The van der Waals surface area contributed by atoms with Crippen molar-refractivity contribution >= 4 is 22.8 Å². The maximum Gasteiger partial charge on any atom is 0.418 e. The Morgan fingerprint density at radius 1 is 1.35 bits per heavy atom. The van der Waals surface area contributed by atoms with Gasteiger partial charge in [0, 0.05) is 18.0 Å². The number of nitrogens with zero attached hydrogens (tertiary/aromatic N) is 3. The molecular weight excluding hydrogens is 425 g/mol. The molecule has 0 spiro atoms. The first-order chi connectivity index (χ1) is 14.8. The maximum absolute atomic E-state index is 13.9. The van der Waals surface area contributed by atoms with Crippen LogP contribution < -0.4 is 5.69 Å². The largest absolute Gasteiger partial charge is 0.418 e. The van der Waals surface area contributed by atoms with E-state index in [4.69, 9.17) is 0 Å². The highest BCUT2D eigenvalue weighted by Crippen LogP contribution is 2.42. The van der Waals surface area contributed by atoms with Gasteiger partial charge in [-0.25, -0.2) is 9.78 Å². The molecule has 2 heterocycles. The summed E-state index contributed by atoms with van der Waals surface area (Å²) in [5, 5.41) is 9.67. The summed E-state index contributed by atoms with van der Waals surface area (Å²) >= 11 is 1.15. The molecule has 0 fully saturated rings. The molecule has 1 aliphatic rings. The van der Waals surface area contributed by atoms with Crippen molar-refractivity contribution in [2.75, 3.05) is 5.75 Å². The number of hydrogen-bond donors (Lipinski definition) is 1. The number of nitriles is 1. The summed E-state index contributed by atoms with van der Waals surface area (Å²) in [6.45, 7) is 2.34. The van der Waals surface area contributed by atoms with Gasteiger partial charge in [0.15, 0.2) is 0 Å². The number of nitrogens with one attached hydrogen (secondary N) is 1. The zero-order valence-electron chi connectivity index (χ0n) is 16.9. The number of halogens is 3. The molecule has 0 saturated heterocycles. The minimum atomic E-state index is -4.60. The number of H-pyrrole nitrogens is 1. The van der Waals surface area contributed by atoms with Gasteiger partial charge >= 0.3 is 11.9 Å². The predicted octanol–water partition coefficient (Wildman–Crippen LogP) is 4.92. The number of fused-ring (bicyclic) bond motifs is 2. The van der Waals surface area contributed by atoms with Crippen LogP contribution in [0, 0.1) is 17.2 Å². The van der Waals surface area contributed by atoms with E-state index in [0.29, 0.717) is 37.3 Å². The molecule has 31 heavy (non-hydrogen) atoms. The van der Waals surface area contributed by atoms with E-state index in [2.05, 4.69) is 9.97 Å². The molecule has 162 valence electrons. The van der Waals surface area contributed by atoms with Crippen molar-refractivity contribution < 1.29 is 13.2 Å². The lowest BCUT2D eigenvalue weighted by Crippen LogP contribution is -2.22.